The largest absolute Gasteiger partial charge is 0.507 e. The second-order valence-electron chi connectivity index (χ2n) is 3.53. The van der Waals surface area contributed by atoms with Crippen molar-refractivity contribution in [3.05, 3.63) is 29.5 Å². The standard InChI is InChI=1S/C12H12O3/c1-3-9(13)11-10(14)5-4-8-7(2)6-15-12(8)11/h4-6,14H,3H2,1-2H3. The van der Waals surface area contributed by atoms with E-state index in [1.165, 1.54) is 6.07 Å². The highest BCUT2D eigenvalue weighted by Crippen LogP contribution is 2.31. The van der Waals surface area contributed by atoms with Crippen LogP contribution in [-0.4, -0.2) is 10.9 Å². The number of furan rings is 1. The molecule has 0 saturated carbocycles. The van der Waals surface area contributed by atoms with E-state index >= 15 is 0 Å². The number of phenolic OH excluding ortho intramolecular Hbond substituents is 1. The molecule has 78 valence electrons. The van der Waals surface area contributed by atoms with Crippen molar-refractivity contribution in [2.45, 2.75) is 20.3 Å². The Morgan fingerprint density at radius 2 is 2.20 bits per heavy atom. The van der Waals surface area contributed by atoms with Gasteiger partial charge in [-0.1, -0.05) is 6.92 Å². The molecule has 15 heavy (non-hydrogen) atoms. The fourth-order valence-electron chi connectivity index (χ4n) is 1.66. The summed E-state index contributed by atoms with van der Waals surface area (Å²) >= 11 is 0. The Bertz CT molecular complexity index is 523. The Kier molecular flexibility index (Phi) is 2.23. The maximum atomic E-state index is 11.6. The topological polar surface area (TPSA) is 50.4 Å². The monoisotopic (exact) mass is 204 g/mol. The van der Waals surface area contributed by atoms with Crippen molar-refractivity contribution in [2.75, 3.05) is 0 Å². The summed E-state index contributed by atoms with van der Waals surface area (Å²) in [6.45, 7) is 3.67. The van der Waals surface area contributed by atoms with E-state index in [0.717, 1.165) is 10.9 Å². The molecule has 0 aliphatic heterocycles. The van der Waals surface area contributed by atoms with Gasteiger partial charge in [0, 0.05) is 11.8 Å². The zero-order valence-corrected chi connectivity index (χ0v) is 8.70. The molecule has 1 N–H and O–H groups in total. The fraction of sp³-hybridized carbons (Fsp3) is 0.250. The third-order valence-electron chi connectivity index (χ3n) is 2.51. The Labute approximate surface area is 87.3 Å². The van der Waals surface area contributed by atoms with Crippen molar-refractivity contribution >= 4 is 16.8 Å². The lowest BCUT2D eigenvalue weighted by Gasteiger charge is -2.02. The molecule has 0 aliphatic rings. The van der Waals surface area contributed by atoms with Crippen LogP contribution in [0, 0.1) is 6.92 Å². The molecular weight excluding hydrogens is 192 g/mol. The van der Waals surface area contributed by atoms with Gasteiger partial charge < -0.3 is 9.52 Å². The van der Waals surface area contributed by atoms with Crippen LogP contribution in [0.5, 0.6) is 5.75 Å². The number of hydrogen-bond donors (Lipinski definition) is 1. The maximum Gasteiger partial charge on any atom is 0.170 e. The van der Waals surface area contributed by atoms with Gasteiger partial charge in [-0.2, -0.15) is 0 Å². The SMILES string of the molecule is CCC(=O)c1c(O)ccc2c(C)coc12. The highest BCUT2D eigenvalue weighted by Gasteiger charge is 2.17. The van der Waals surface area contributed by atoms with Crippen LogP contribution in [0.25, 0.3) is 11.0 Å². The van der Waals surface area contributed by atoms with Crippen LogP contribution in [0.2, 0.25) is 0 Å². The Morgan fingerprint density at radius 1 is 1.47 bits per heavy atom. The van der Waals surface area contributed by atoms with Crippen LogP contribution >= 0.6 is 0 Å². The number of benzene rings is 1. The van der Waals surface area contributed by atoms with E-state index in [1.54, 1.807) is 19.3 Å². The Hall–Kier alpha value is -1.77. The quantitative estimate of drug-likeness (QED) is 0.765. The Balaban J connectivity index is 2.80. The number of aryl methyl sites for hydroxylation is 1. The number of Topliss-reactive ketones (excluding diaryl/α,β-unsaturated/α-hetero) is 1. The van der Waals surface area contributed by atoms with Gasteiger partial charge in [0.2, 0.25) is 0 Å². The van der Waals surface area contributed by atoms with Gasteiger partial charge in [-0.25, -0.2) is 0 Å². The van der Waals surface area contributed by atoms with Crippen LogP contribution in [0.15, 0.2) is 22.8 Å². The molecular formula is C12H12O3. The summed E-state index contributed by atoms with van der Waals surface area (Å²) in [5.74, 6) is -0.115. The lowest BCUT2D eigenvalue weighted by Crippen LogP contribution is -1.97. The molecule has 0 aliphatic carbocycles. The van der Waals surface area contributed by atoms with Gasteiger partial charge in [-0.05, 0) is 24.6 Å². The van der Waals surface area contributed by atoms with Crippen molar-refractivity contribution < 1.29 is 14.3 Å². The lowest BCUT2D eigenvalue weighted by molar-refractivity contribution is 0.0986. The summed E-state index contributed by atoms with van der Waals surface area (Å²) in [4.78, 5) is 11.6. The number of rotatable bonds is 2. The molecule has 3 nitrogen and oxygen atoms in total. The van der Waals surface area contributed by atoms with Crippen molar-refractivity contribution in [3.63, 3.8) is 0 Å². The predicted octanol–water partition coefficient (Wildman–Crippen LogP) is 3.04. The summed E-state index contributed by atoms with van der Waals surface area (Å²) in [5.41, 5.74) is 1.75. The number of ketones is 1. The average molecular weight is 204 g/mol. The zero-order valence-electron chi connectivity index (χ0n) is 8.70. The van der Waals surface area contributed by atoms with E-state index in [-0.39, 0.29) is 11.5 Å². The van der Waals surface area contributed by atoms with Gasteiger partial charge >= 0.3 is 0 Å². The molecule has 2 aromatic rings. The third kappa shape index (κ3) is 1.40. The molecule has 0 atom stereocenters. The number of hydrogen-bond acceptors (Lipinski definition) is 3. The fourth-order valence-corrected chi connectivity index (χ4v) is 1.66. The van der Waals surface area contributed by atoms with E-state index in [4.69, 9.17) is 4.42 Å². The molecule has 1 aromatic heterocycles. The van der Waals surface area contributed by atoms with Crippen molar-refractivity contribution in [1.29, 1.82) is 0 Å². The van der Waals surface area contributed by atoms with Crippen molar-refractivity contribution in [1.82, 2.24) is 0 Å². The normalized spacial score (nSPS) is 10.8. The maximum absolute atomic E-state index is 11.6. The first-order valence-electron chi connectivity index (χ1n) is 4.88. The summed E-state index contributed by atoms with van der Waals surface area (Å²) in [5, 5.41) is 10.5. The number of aromatic hydroxyl groups is 1. The van der Waals surface area contributed by atoms with E-state index in [2.05, 4.69) is 0 Å². The van der Waals surface area contributed by atoms with Crippen molar-refractivity contribution in [2.24, 2.45) is 0 Å². The second kappa shape index (κ2) is 3.42. The van der Waals surface area contributed by atoms with Gasteiger partial charge in [0.05, 0.1) is 6.26 Å². The van der Waals surface area contributed by atoms with E-state index in [1.807, 2.05) is 6.92 Å². The first kappa shape index (κ1) is 9.77. The lowest BCUT2D eigenvalue weighted by atomic mass is 10.0. The van der Waals surface area contributed by atoms with Gasteiger partial charge in [0.15, 0.2) is 5.78 Å². The van der Waals surface area contributed by atoms with Gasteiger partial charge in [0.25, 0.3) is 0 Å². The molecule has 2 rings (SSSR count). The second-order valence-corrected chi connectivity index (χ2v) is 3.53. The van der Waals surface area contributed by atoms with E-state index in [9.17, 15) is 9.90 Å². The zero-order chi connectivity index (χ0) is 11.0. The minimum atomic E-state index is -0.104. The minimum absolute atomic E-state index is 0.0105. The van der Waals surface area contributed by atoms with Crippen LogP contribution in [0.4, 0.5) is 0 Å². The minimum Gasteiger partial charge on any atom is -0.507 e. The average Bonchev–Trinajstić information content (AvgIpc) is 2.59. The molecule has 3 heteroatoms. The highest BCUT2D eigenvalue weighted by atomic mass is 16.3. The molecule has 1 heterocycles. The predicted molar refractivity (Wildman–Crippen MR) is 57.2 cm³/mol. The summed E-state index contributed by atoms with van der Waals surface area (Å²) in [6, 6.07) is 3.30. The summed E-state index contributed by atoms with van der Waals surface area (Å²) in [7, 11) is 0. The van der Waals surface area contributed by atoms with E-state index < -0.39 is 0 Å². The molecule has 0 bridgehead atoms. The number of phenols is 1. The molecule has 0 radical (unpaired) electrons. The Morgan fingerprint density at radius 3 is 2.87 bits per heavy atom. The molecule has 0 amide bonds. The molecule has 0 fully saturated rings. The van der Waals surface area contributed by atoms with Crippen LogP contribution in [-0.2, 0) is 0 Å². The molecule has 0 saturated heterocycles. The first-order chi connectivity index (χ1) is 7.15. The summed E-state index contributed by atoms with van der Waals surface area (Å²) < 4.78 is 5.30. The number of fused-ring (bicyclic) bond motifs is 1. The van der Waals surface area contributed by atoms with Crippen molar-refractivity contribution in [3.8, 4) is 5.75 Å². The third-order valence-corrected chi connectivity index (χ3v) is 2.51. The van der Waals surface area contributed by atoms with Gasteiger partial charge in [-0.3, -0.25) is 4.79 Å². The van der Waals surface area contributed by atoms with Crippen LogP contribution in [0.1, 0.15) is 29.3 Å². The molecule has 0 spiro atoms. The molecule has 1 aromatic carbocycles. The smallest absolute Gasteiger partial charge is 0.170 e. The van der Waals surface area contributed by atoms with Gasteiger partial charge in [0.1, 0.15) is 16.9 Å². The summed E-state index contributed by atoms with van der Waals surface area (Å²) in [6.07, 6.45) is 1.95. The first-order valence-corrected chi connectivity index (χ1v) is 4.88. The number of carbonyl (C=O) groups excluding carboxylic acids is 1. The van der Waals surface area contributed by atoms with Gasteiger partial charge in [-0.15, -0.1) is 0 Å². The number of carbonyl (C=O) groups is 1. The highest BCUT2D eigenvalue weighted by molar-refractivity contribution is 6.08. The van der Waals surface area contributed by atoms with E-state index in [0.29, 0.717) is 17.6 Å². The molecule has 0 unspecified atom stereocenters. The van der Waals surface area contributed by atoms with Crippen LogP contribution in [0.3, 0.4) is 0 Å². The van der Waals surface area contributed by atoms with Crippen LogP contribution < -0.4 is 0 Å².